The minimum atomic E-state index is -2.54. The Bertz CT molecular complexity index is 234. The van der Waals surface area contributed by atoms with E-state index >= 15 is 0 Å². The summed E-state index contributed by atoms with van der Waals surface area (Å²) in [6.45, 7) is 3.71. The maximum absolute atomic E-state index is 11.5. The fourth-order valence-electron chi connectivity index (χ4n) is 1.77. The lowest BCUT2D eigenvalue weighted by Gasteiger charge is -2.19. The molecule has 0 spiro atoms. The Morgan fingerprint density at radius 3 is 2.57 bits per heavy atom. The summed E-state index contributed by atoms with van der Waals surface area (Å²) in [6, 6.07) is 0. The minimum Gasteiger partial charge on any atom is -0.368 e. The van der Waals surface area contributed by atoms with Crippen molar-refractivity contribution in [3.05, 3.63) is 0 Å². The summed E-state index contributed by atoms with van der Waals surface area (Å²) in [5.74, 6) is 0.690. The molecule has 0 heterocycles. The molecule has 2 radical (unpaired) electrons. The second-order valence-electron chi connectivity index (χ2n) is 4.24. The van der Waals surface area contributed by atoms with Crippen molar-refractivity contribution in [3.8, 4) is 0 Å². The van der Waals surface area contributed by atoms with E-state index in [1.54, 1.807) is 6.66 Å². The van der Waals surface area contributed by atoms with Gasteiger partial charge in [0.1, 0.15) is 6.35 Å². The van der Waals surface area contributed by atoms with Crippen LogP contribution in [0.3, 0.4) is 0 Å². The molecule has 1 aliphatic carbocycles. The predicted octanol–water partition coefficient (Wildman–Crippen LogP) is 2.27. The van der Waals surface area contributed by atoms with Crippen molar-refractivity contribution in [2.45, 2.75) is 31.7 Å². The van der Waals surface area contributed by atoms with Crippen LogP contribution in [0.25, 0.3) is 0 Å². The first-order valence-electron chi connectivity index (χ1n) is 4.94. The maximum Gasteiger partial charge on any atom is 0.224 e. The van der Waals surface area contributed by atoms with Crippen LogP contribution in [-0.2, 0) is 13.8 Å². The zero-order valence-corrected chi connectivity index (χ0v) is 10.00. The van der Waals surface area contributed by atoms with Crippen molar-refractivity contribution in [1.82, 2.24) is 0 Å². The van der Waals surface area contributed by atoms with Crippen LogP contribution in [0, 0.1) is 5.92 Å². The lowest BCUT2D eigenvalue weighted by molar-refractivity contribution is 0.0576. The molecule has 0 amide bonds. The fourth-order valence-corrected chi connectivity index (χ4v) is 2.34. The van der Waals surface area contributed by atoms with E-state index in [0.717, 1.165) is 12.8 Å². The highest BCUT2D eigenvalue weighted by Gasteiger charge is 2.30. The molecule has 0 aromatic carbocycles. The molecule has 4 atom stereocenters. The van der Waals surface area contributed by atoms with Crippen molar-refractivity contribution in [2.24, 2.45) is 5.92 Å². The van der Waals surface area contributed by atoms with Gasteiger partial charge in [0.2, 0.25) is 7.37 Å². The average molecular weight is 216 g/mol. The largest absolute Gasteiger partial charge is 0.368 e. The van der Waals surface area contributed by atoms with E-state index in [9.17, 15) is 4.57 Å². The van der Waals surface area contributed by atoms with Crippen LogP contribution in [0.15, 0.2) is 0 Å². The molecular formula is C9H18BO3P. The molecule has 3 nitrogen and oxygen atoms in total. The Labute approximate surface area is 87.4 Å². The van der Waals surface area contributed by atoms with Gasteiger partial charge in [0.25, 0.3) is 0 Å². The first kappa shape index (κ1) is 12.3. The molecular weight excluding hydrogens is 198 g/mol. The van der Waals surface area contributed by atoms with Gasteiger partial charge in [0.05, 0.1) is 14.0 Å². The summed E-state index contributed by atoms with van der Waals surface area (Å²) < 4.78 is 22.0. The number of rotatable bonds is 4. The molecule has 1 saturated carbocycles. The van der Waals surface area contributed by atoms with E-state index in [-0.39, 0.29) is 18.3 Å². The molecule has 0 aromatic heterocycles. The van der Waals surface area contributed by atoms with Crippen molar-refractivity contribution in [1.29, 1.82) is 0 Å². The van der Waals surface area contributed by atoms with E-state index in [0.29, 0.717) is 5.92 Å². The average Bonchev–Trinajstić information content (AvgIpc) is 2.42. The Balaban J connectivity index is 2.35. The maximum atomic E-state index is 11.5. The van der Waals surface area contributed by atoms with E-state index < -0.39 is 7.37 Å². The first-order chi connectivity index (χ1) is 6.44. The van der Waals surface area contributed by atoms with Gasteiger partial charge in [-0.1, -0.05) is 19.2 Å². The van der Waals surface area contributed by atoms with Gasteiger partial charge in [-0.05, 0) is 12.3 Å². The smallest absolute Gasteiger partial charge is 0.224 e. The van der Waals surface area contributed by atoms with Crippen LogP contribution in [0.4, 0.5) is 0 Å². The molecule has 4 unspecified atom stereocenters. The number of ether oxygens (including phenoxy) is 1. The quantitative estimate of drug-likeness (QED) is 0.534. The van der Waals surface area contributed by atoms with Gasteiger partial charge in [0, 0.05) is 13.8 Å². The molecule has 1 aliphatic rings. The molecule has 0 saturated heterocycles. The highest BCUT2D eigenvalue weighted by atomic mass is 31.2. The molecule has 0 aromatic rings. The van der Waals surface area contributed by atoms with Crippen molar-refractivity contribution in [3.63, 3.8) is 0 Å². The molecule has 80 valence electrons. The van der Waals surface area contributed by atoms with Crippen molar-refractivity contribution < 1.29 is 13.8 Å². The third-order valence-corrected chi connectivity index (χ3v) is 4.14. The summed E-state index contributed by atoms with van der Waals surface area (Å²) in [5, 5.41) is 0. The number of hydrogen-bond donors (Lipinski definition) is 0. The fraction of sp³-hybridized carbons (Fsp3) is 1.00. The zero-order valence-electron chi connectivity index (χ0n) is 9.10. The minimum absolute atomic E-state index is 0.147. The molecule has 0 aliphatic heterocycles. The Morgan fingerprint density at radius 1 is 1.50 bits per heavy atom. The van der Waals surface area contributed by atoms with Gasteiger partial charge in [-0.3, -0.25) is 4.57 Å². The lowest BCUT2D eigenvalue weighted by atomic mass is 9.86. The molecule has 5 heteroatoms. The van der Waals surface area contributed by atoms with E-state index in [2.05, 4.69) is 6.92 Å². The Kier molecular flexibility index (Phi) is 4.23. The van der Waals surface area contributed by atoms with Crippen LogP contribution in [0.5, 0.6) is 0 Å². The predicted molar refractivity (Wildman–Crippen MR) is 58.2 cm³/mol. The van der Waals surface area contributed by atoms with Crippen LogP contribution < -0.4 is 0 Å². The summed E-state index contributed by atoms with van der Waals surface area (Å²) in [6.07, 6.45) is 2.20. The summed E-state index contributed by atoms with van der Waals surface area (Å²) >= 11 is 0. The van der Waals surface area contributed by atoms with Gasteiger partial charge in [-0.25, -0.2) is 0 Å². The SMILES string of the molecule is [B]C1CC(C)C(OCP(C)(=O)OC)C1. The molecule has 0 bridgehead atoms. The van der Waals surface area contributed by atoms with Crippen LogP contribution in [0.2, 0.25) is 5.82 Å². The normalized spacial score (nSPS) is 36.9. The van der Waals surface area contributed by atoms with Gasteiger partial charge in [-0.15, -0.1) is 0 Å². The van der Waals surface area contributed by atoms with Crippen LogP contribution in [-0.4, -0.2) is 34.1 Å². The first-order valence-corrected chi connectivity index (χ1v) is 7.20. The Hall–Kier alpha value is 0.215. The van der Waals surface area contributed by atoms with Crippen LogP contribution in [0.1, 0.15) is 19.8 Å². The second-order valence-corrected chi connectivity index (χ2v) is 6.89. The summed E-state index contributed by atoms with van der Waals surface area (Å²) in [4.78, 5) is 0. The Morgan fingerprint density at radius 2 is 2.14 bits per heavy atom. The highest BCUT2D eigenvalue weighted by Crippen LogP contribution is 2.43. The van der Waals surface area contributed by atoms with Crippen molar-refractivity contribution >= 4 is 15.2 Å². The molecule has 1 fully saturated rings. The molecule has 14 heavy (non-hydrogen) atoms. The molecule has 0 N–H and O–H groups in total. The number of hydrogen-bond acceptors (Lipinski definition) is 3. The topological polar surface area (TPSA) is 35.5 Å². The summed E-state index contributed by atoms with van der Waals surface area (Å²) in [5.41, 5.74) is 0. The third-order valence-electron chi connectivity index (χ3n) is 2.75. The van der Waals surface area contributed by atoms with E-state index in [4.69, 9.17) is 17.1 Å². The monoisotopic (exact) mass is 216 g/mol. The third kappa shape index (κ3) is 3.41. The molecule has 1 rings (SSSR count). The lowest BCUT2D eigenvalue weighted by Crippen LogP contribution is -2.16. The van der Waals surface area contributed by atoms with Crippen LogP contribution >= 0.6 is 7.37 Å². The standard InChI is InChI=1S/C9H18BO3P/c1-7-4-8(10)5-9(7)13-6-14(3,11)12-2/h7-9H,4-6H2,1-3H3. The van der Waals surface area contributed by atoms with Gasteiger partial charge in [0.15, 0.2) is 0 Å². The van der Waals surface area contributed by atoms with Gasteiger partial charge >= 0.3 is 0 Å². The second kappa shape index (κ2) is 4.83. The van der Waals surface area contributed by atoms with E-state index in [1.807, 2.05) is 0 Å². The highest BCUT2D eigenvalue weighted by molar-refractivity contribution is 7.57. The van der Waals surface area contributed by atoms with Gasteiger partial charge in [-0.2, -0.15) is 0 Å². The summed E-state index contributed by atoms with van der Waals surface area (Å²) in [7, 11) is 4.72. The zero-order chi connectivity index (χ0) is 10.8. The van der Waals surface area contributed by atoms with Gasteiger partial charge < -0.3 is 9.26 Å². The van der Waals surface area contributed by atoms with Crippen molar-refractivity contribution in [2.75, 3.05) is 20.1 Å². The van der Waals surface area contributed by atoms with E-state index in [1.165, 1.54) is 7.11 Å².